The Morgan fingerprint density at radius 2 is 2.14 bits per heavy atom. The quantitative estimate of drug-likeness (QED) is 0.735. The number of nitrogens with one attached hydrogen (secondary N) is 1. The Kier molecular flexibility index (Phi) is 7.15. The maximum atomic E-state index is 14.0. The van der Waals surface area contributed by atoms with Crippen molar-refractivity contribution >= 4 is 5.97 Å². The van der Waals surface area contributed by atoms with Crippen LogP contribution in [0, 0.1) is 11.7 Å². The summed E-state index contributed by atoms with van der Waals surface area (Å²) >= 11 is 0. The minimum atomic E-state index is -1.07. The smallest absolute Gasteiger partial charge is 0.344 e. The average Bonchev–Trinajstić information content (AvgIpc) is 2.40. The van der Waals surface area contributed by atoms with Crippen molar-refractivity contribution < 1.29 is 19.0 Å². The van der Waals surface area contributed by atoms with Gasteiger partial charge in [0.05, 0.1) is 0 Å². The number of carbonyl (C=O) groups is 1. The molecule has 4 nitrogen and oxygen atoms in total. The van der Waals surface area contributed by atoms with Gasteiger partial charge in [0.2, 0.25) is 0 Å². The third-order valence-corrected chi connectivity index (χ3v) is 3.00. The molecule has 2 N–H and O–H groups in total. The Morgan fingerprint density at radius 1 is 1.43 bits per heavy atom. The number of aliphatic carboxylic acids is 1. The van der Waals surface area contributed by atoms with Gasteiger partial charge >= 0.3 is 5.97 Å². The molecule has 1 aromatic carbocycles. The third kappa shape index (κ3) is 5.71. The van der Waals surface area contributed by atoms with Gasteiger partial charge in [-0.25, -0.2) is 9.18 Å². The number of para-hydroxylation sites is 1. The maximum Gasteiger partial charge on any atom is 0.344 e. The van der Waals surface area contributed by atoms with Crippen molar-refractivity contribution in [2.45, 2.75) is 46.3 Å². The fourth-order valence-electron chi connectivity index (χ4n) is 1.96. The number of carboxylic acid groups (broad SMARTS) is 1. The van der Waals surface area contributed by atoms with Crippen molar-refractivity contribution in [3.8, 4) is 5.75 Å². The third-order valence-electron chi connectivity index (χ3n) is 3.00. The van der Waals surface area contributed by atoms with Gasteiger partial charge in [0.15, 0.2) is 17.7 Å². The monoisotopic (exact) mass is 297 g/mol. The van der Waals surface area contributed by atoms with E-state index in [0.29, 0.717) is 30.9 Å². The van der Waals surface area contributed by atoms with Crippen LogP contribution in [0.4, 0.5) is 4.39 Å². The summed E-state index contributed by atoms with van der Waals surface area (Å²) < 4.78 is 19.4. The van der Waals surface area contributed by atoms with Crippen molar-refractivity contribution in [1.29, 1.82) is 0 Å². The molecule has 0 aromatic heterocycles. The predicted octanol–water partition coefficient (Wildman–Crippen LogP) is 3.20. The van der Waals surface area contributed by atoms with E-state index in [9.17, 15) is 9.18 Å². The van der Waals surface area contributed by atoms with E-state index in [1.165, 1.54) is 6.07 Å². The van der Waals surface area contributed by atoms with E-state index < -0.39 is 17.9 Å². The van der Waals surface area contributed by atoms with Crippen LogP contribution in [0.25, 0.3) is 0 Å². The Balaban J connectivity index is 2.85. The Bertz CT molecular complexity index is 463. The van der Waals surface area contributed by atoms with Crippen LogP contribution in [0.3, 0.4) is 0 Å². The van der Waals surface area contributed by atoms with Crippen LogP contribution < -0.4 is 10.1 Å². The van der Waals surface area contributed by atoms with Crippen molar-refractivity contribution in [2.24, 2.45) is 5.92 Å². The first-order valence-corrected chi connectivity index (χ1v) is 7.33. The summed E-state index contributed by atoms with van der Waals surface area (Å²) in [6, 6.07) is 4.63. The highest BCUT2D eigenvalue weighted by molar-refractivity contribution is 5.72. The zero-order valence-corrected chi connectivity index (χ0v) is 12.9. The molecule has 0 amide bonds. The molecule has 0 radical (unpaired) electrons. The molecule has 1 aromatic rings. The van der Waals surface area contributed by atoms with Gasteiger partial charge in [-0.15, -0.1) is 0 Å². The van der Waals surface area contributed by atoms with Crippen molar-refractivity contribution in [3.05, 3.63) is 29.6 Å². The highest BCUT2D eigenvalue weighted by Gasteiger charge is 2.21. The summed E-state index contributed by atoms with van der Waals surface area (Å²) in [5.41, 5.74) is 0.637. The highest BCUT2D eigenvalue weighted by atomic mass is 19.1. The number of hydrogen-bond donors (Lipinski definition) is 2. The lowest BCUT2D eigenvalue weighted by Gasteiger charge is -2.18. The molecule has 1 rings (SSSR count). The van der Waals surface area contributed by atoms with Crippen LogP contribution in [-0.4, -0.2) is 23.7 Å². The average molecular weight is 297 g/mol. The summed E-state index contributed by atoms with van der Waals surface area (Å²) in [5.74, 6) is -1.08. The van der Waals surface area contributed by atoms with E-state index in [4.69, 9.17) is 9.84 Å². The summed E-state index contributed by atoms with van der Waals surface area (Å²) in [6.45, 7) is 7.28. The molecule has 0 aliphatic rings. The van der Waals surface area contributed by atoms with Crippen molar-refractivity contribution in [2.75, 3.05) is 6.54 Å². The molecule has 1 unspecified atom stereocenters. The fourth-order valence-corrected chi connectivity index (χ4v) is 1.96. The first kappa shape index (κ1) is 17.4. The lowest BCUT2D eigenvalue weighted by atomic mass is 10.1. The molecule has 0 saturated carbocycles. The van der Waals surface area contributed by atoms with Gasteiger partial charge in [0.25, 0.3) is 0 Å². The number of rotatable bonds is 9. The first-order chi connectivity index (χ1) is 9.95. The van der Waals surface area contributed by atoms with Crippen molar-refractivity contribution in [1.82, 2.24) is 5.32 Å². The van der Waals surface area contributed by atoms with E-state index in [2.05, 4.69) is 19.2 Å². The second-order valence-electron chi connectivity index (χ2n) is 5.49. The lowest BCUT2D eigenvalue weighted by Crippen LogP contribution is -2.28. The molecule has 118 valence electrons. The van der Waals surface area contributed by atoms with Gasteiger partial charge in [-0.05, 0) is 24.9 Å². The topological polar surface area (TPSA) is 58.6 Å². The molecule has 0 bridgehead atoms. The van der Waals surface area contributed by atoms with Crippen LogP contribution in [-0.2, 0) is 11.3 Å². The fraction of sp³-hybridized carbons (Fsp3) is 0.562. The molecule has 0 fully saturated rings. The minimum Gasteiger partial charge on any atom is -0.479 e. The van der Waals surface area contributed by atoms with Crippen LogP contribution in [0.2, 0.25) is 0 Å². The highest BCUT2D eigenvalue weighted by Crippen LogP contribution is 2.25. The molecule has 21 heavy (non-hydrogen) atoms. The normalized spacial score (nSPS) is 12.4. The van der Waals surface area contributed by atoms with E-state index in [1.807, 2.05) is 6.92 Å². The molecule has 0 spiro atoms. The molecule has 0 aliphatic carbocycles. The SMILES string of the molecule is CCCC(Oc1c(F)cccc1CNCC(C)C)C(=O)O. The summed E-state index contributed by atoms with van der Waals surface area (Å²) in [7, 11) is 0. The Labute approximate surface area is 125 Å². The summed E-state index contributed by atoms with van der Waals surface area (Å²) in [6.07, 6.45) is -0.00901. The molecule has 5 heteroatoms. The number of ether oxygens (including phenoxy) is 1. The Morgan fingerprint density at radius 3 is 2.71 bits per heavy atom. The van der Waals surface area contributed by atoms with Gasteiger partial charge in [0.1, 0.15) is 0 Å². The standard InChI is InChI=1S/C16H24FNO3/c1-4-6-14(16(19)20)21-15-12(7-5-8-13(15)17)10-18-9-11(2)3/h5,7-8,11,14,18H,4,6,9-10H2,1-3H3,(H,19,20). The number of carboxylic acids is 1. The molecule has 0 heterocycles. The van der Waals surface area contributed by atoms with Crippen molar-refractivity contribution in [3.63, 3.8) is 0 Å². The van der Waals surface area contributed by atoms with Crippen LogP contribution in [0.5, 0.6) is 5.75 Å². The summed E-state index contributed by atoms with van der Waals surface area (Å²) in [4.78, 5) is 11.2. The van der Waals surface area contributed by atoms with E-state index in [-0.39, 0.29) is 5.75 Å². The van der Waals surface area contributed by atoms with Gasteiger partial charge < -0.3 is 15.2 Å². The first-order valence-electron chi connectivity index (χ1n) is 7.33. The van der Waals surface area contributed by atoms with Gasteiger partial charge in [-0.1, -0.05) is 39.3 Å². The minimum absolute atomic E-state index is 0.0367. The van der Waals surface area contributed by atoms with Crippen LogP contribution in [0.1, 0.15) is 39.2 Å². The second-order valence-corrected chi connectivity index (χ2v) is 5.49. The van der Waals surface area contributed by atoms with Crippen LogP contribution >= 0.6 is 0 Å². The second kappa shape index (κ2) is 8.62. The summed E-state index contributed by atoms with van der Waals surface area (Å²) in [5, 5.41) is 12.3. The number of halogens is 1. The predicted molar refractivity (Wildman–Crippen MR) is 79.9 cm³/mol. The zero-order valence-electron chi connectivity index (χ0n) is 12.9. The molecular weight excluding hydrogens is 273 g/mol. The number of hydrogen-bond acceptors (Lipinski definition) is 3. The number of benzene rings is 1. The Hall–Kier alpha value is -1.62. The lowest BCUT2D eigenvalue weighted by molar-refractivity contribution is -0.145. The molecule has 1 atom stereocenters. The largest absolute Gasteiger partial charge is 0.479 e. The molecular formula is C16H24FNO3. The zero-order chi connectivity index (χ0) is 15.8. The van der Waals surface area contributed by atoms with E-state index >= 15 is 0 Å². The molecule has 0 aliphatic heterocycles. The van der Waals surface area contributed by atoms with E-state index in [0.717, 1.165) is 6.54 Å². The van der Waals surface area contributed by atoms with Gasteiger partial charge in [0, 0.05) is 12.1 Å². The van der Waals surface area contributed by atoms with Crippen LogP contribution in [0.15, 0.2) is 18.2 Å². The van der Waals surface area contributed by atoms with Gasteiger partial charge in [-0.2, -0.15) is 0 Å². The van der Waals surface area contributed by atoms with E-state index in [1.54, 1.807) is 12.1 Å². The molecule has 0 saturated heterocycles. The maximum absolute atomic E-state index is 14.0. The van der Waals surface area contributed by atoms with Gasteiger partial charge in [-0.3, -0.25) is 0 Å².